The van der Waals surface area contributed by atoms with Gasteiger partial charge < -0.3 is 0 Å². The van der Waals surface area contributed by atoms with Crippen LogP contribution in [0.3, 0.4) is 0 Å². The fraction of sp³-hybridized carbons (Fsp3) is 1.00. The molecular weight excluding hydrogens is 116 g/mol. The molecule has 0 saturated carbocycles. The lowest BCUT2D eigenvalue weighted by Gasteiger charge is -1.95. The van der Waals surface area contributed by atoms with E-state index in [1.54, 1.807) is 0 Å². The van der Waals surface area contributed by atoms with Gasteiger partial charge in [-0.2, -0.15) is 8.78 Å². The summed E-state index contributed by atoms with van der Waals surface area (Å²) in [4.78, 5) is 0. The van der Waals surface area contributed by atoms with Crippen LogP contribution >= 0.6 is 11.6 Å². The second-order valence-corrected chi connectivity index (χ2v) is 1.30. The Morgan fingerprint density at radius 1 is 1.50 bits per heavy atom. The maximum atomic E-state index is 10.8. The number of hydrogen-bond donors (Lipinski definition) is 0. The van der Waals surface area contributed by atoms with Crippen molar-refractivity contribution in [1.82, 2.24) is 0 Å². The zero-order valence-electron chi connectivity index (χ0n) is 2.72. The highest BCUT2D eigenvalue weighted by molar-refractivity contribution is 6.21. The van der Waals surface area contributed by atoms with E-state index in [0.29, 0.717) is 0 Å². The Bertz CT molecular complexity index is 38.5. The molecule has 0 aromatic heterocycles. The lowest BCUT2D eigenvalue weighted by Crippen LogP contribution is -2.06. The van der Waals surface area contributed by atoms with Crippen LogP contribution in [-0.2, 0) is 0 Å². The maximum Gasteiger partial charge on any atom is 0.349 e. The third kappa shape index (κ3) is 4.08. The van der Waals surface area contributed by atoms with Crippen molar-refractivity contribution in [2.24, 2.45) is 0 Å². The van der Waals surface area contributed by atoms with Crippen LogP contribution in [0.2, 0.25) is 0 Å². The Labute approximate surface area is 37.9 Å². The molecule has 0 spiro atoms. The molecule has 0 N–H and O–H groups in total. The third-order valence-electron chi connectivity index (χ3n) is 0.152. The smallest absolute Gasteiger partial charge is 0.243 e. The van der Waals surface area contributed by atoms with Crippen LogP contribution in [0.15, 0.2) is 0 Å². The molecule has 0 aliphatic heterocycles. The monoisotopic (exact) mass is 118 g/mol. The summed E-state index contributed by atoms with van der Waals surface area (Å²) < 4.78 is 32.3. The Kier molecular flexibility index (Phi) is 1.71. The molecule has 0 nitrogen and oxygen atoms in total. The minimum atomic E-state index is -3.65. The highest BCUT2D eigenvalue weighted by atomic mass is 35.5. The summed E-state index contributed by atoms with van der Waals surface area (Å²) in [5.74, 6) is 0. The van der Waals surface area contributed by atoms with Crippen LogP contribution in [0.1, 0.15) is 0 Å². The lowest BCUT2D eigenvalue weighted by atomic mass is 10.8. The Balaban J connectivity index is 3.17. The second kappa shape index (κ2) is 1.69. The second-order valence-electron chi connectivity index (χ2n) is 0.749. The molecular formula is C2H2ClF3. The minimum absolute atomic E-state index is 1.80. The zero-order chi connectivity index (χ0) is 5.21. The first kappa shape index (κ1) is 6.08. The zero-order valence-corrected chi connectivity index (χ0v) is 3.47. The van der Waals surface area contributed by atoms with E-state index in [-0.39, 0.29) is 0 Å². The van der Waals surface area contributed by atoms with Crippen molar-refractivity contribution in [3.63, 3.8) is 0 Å². The van der Waals surface area contributed by atoms with Gasteiger partial charge in [-0.1, -0.05) is 0 Å². The van der Waals surface area contributed by atoms with E-state index in [1.807, 2.05) is 0 Å². The molecule has 0 saturated heterocycles. The molecule has 0 amide bonds. The highest BCUT2D eigenvalue weighted by Gasteiger charge is 2.23. The van der Waals surface area contributed by atoms with Gasteiger partial charge in [0.15, 0.2) is 6.67 Å². The number of hydrogen-bond acceptors (Lipinski definition) is 0. The van der Waals surface area contributed by atoms with Crippen molar-refractivity contribution in [1.29, 1.82) is 0 Å². The summed E-state index contributed by atoms with van der Waals surface area (Å²) >= 11 is 4.01. The molecule has 38 valence electrons. The lowest BCUT2D eigenvalue weighted by molar-refractivity contribution is 0.0653. The van der Waals surface area contributed by atoms with Crippen molar-refractivity contribution in [3.8, 4) is 0 Å². The van der Waals surface area contributed by atoms with Gasteiger partial charge in [-0.3, -0.25) is 0 Å². The first-order valence-electron chi connectivity index (χ1n) is 1.19. The first-order valence-corrected chi connectivity index (χ1v) is 1.57. The van der Waals surface area contributed by atoms with Crippen molar-refractivity contribution in [2.75, 3.05) is 6.67 Å². The predicted molar refractivity (Wildman–Crippen MR) is 16.8 cm³/mol. The molecule has 6 heavy (non-hydrogen) atoms. The van der Waals surface area contributed by atoms with Crippen LogP contribution in [0.5, 0.6) is 0 Å². The van der Waals surface area contributed by atoms with Crippen molar-refractivity contribution in [3.05, 3.63) is 0 Å². The summed E-state index contributed by atoms with van der Waals surface area (Å²) in [6.07, 6.45) is 0. The van der Waals surface area contributed by atoms with Gasteiger partial charge in [0, 0.05) is 0 Å². The molecule has 0 radical (unpaired) electrons. The van der Waals surface area contributed by atoms with Gasteiger partial charge in [0.1, 0.15) is 0 Å². The average Bonchev–Trinajstić information content (AvgIpc) is 1.35. The summed E-state index contributed by atoms with van der Waals surface area (Å²) in [7, 11) is 0. The van der Waals surface area contributed by atoms with E-state index in [2.05, 4.69) is 11.6 Å². The van der Waals surface area contributed by atoms with Gasteiger partial charge >= 0.3 is 5.38 Å². The van der Waals surface area contributed by atoms with Crippen LogP contribution in [0.25, 0.3) is 0 Å². The molecule has 0 aromatic carbocycles. The molecule has 0 fully saturated rings. The van der Waals surface area contributed by atoms with Gasteiger partial charge in [-0.05, 0) is 11.6 Å². The summed E-state index contributed by atoms with van der Waals surface area (Å²) in [6.45, 7) is -1.80. The van der Waals surface area contributed by atoms with Gasteiger partial charge in [-0.25, -0.2) is 4.39 Å². The maximum absolute atomic E-state index is 10.8. The van der Waals surface area contributed by atoms with Gasteiger partial charge in [0.05, 0.1) is 0 Å². The fourth-order valence-electron chi connectivity index (χ4n) is 0. The van der Waals surface area contributed by atoms with Crippen LogP contribution < -0.4 is 0 Å². The van der Waals surface area contributed by atoms with E-state index in [9.17, 15) is 13.2 Å². The number of halogens is 4. The molecule has 0 aliphatic carbocycles. The van der Waals surface area contributed by atoms with Crippen LogP contribution in [0, 0.1) is 0 Å². The molecule has 0 bridgehead atoms. The highest BCUT2D eigenvalue weighted by Crippen LogP contribution is 2.17. The Hall–Kier alpha value is 0.0800. The standard InChI is InChI=1S/C2H2ClF3/c3-2(5,6)1-4/h1H2. The van der Waals surface area contributed by atoms with Crippen molar-refractivity contribution in [2.45, 2.75) is 5.38 Å². The molecule has 0 rings (SSSR count). The Morgan fingerprint density at radius 2 is 1.67 bits per heavy atom. The SMILES string of the molecule is FCC(F)(F)Cl. The van der Waals surface area contributed by atoms with E-state index in [4.69, 9.17) is 0 Å². The molecule has 0 aromatic rings. The van der Waals surface area contributed by atoms with E-state index in [0.717, 1.165) is 0 Å². The van der Waals surface area contributed by atoms with Gasteiger partial charge in [0.2, 0.25) is 0 Å². The number of rotatable bonds is 1. The molecule has 0 atom stereocenters. The quantitative estimate of drug-likeness (QED) is 0.461. The molecule has 4 heteroatoms. The fourth-order valence-corrected chi connectivity index (χ4v) is 0. The van der Waals surface area contributed by atoms with E-state index in [1.165, 1.54) is 0 Å². The van der Waals surface area contributed by atoms with Gasteiger partial charge in [-0.15, -0.1) is 0 Å². The van der Waals surface area contributed by atoms with Crippen LogP contribution in [0.4, 0.5) is 13.2 Å². The third-order valence-corrected chi connectivity index (χ3v) is 0.253. The first-order chi connectivity index (χ1) is 2.56. The van der Waals surface area contributed by atoms with E-state index < -0.39 is 12.1 Å². The van der Waals surface area contributed by atoms with Crippen molar-refractivity contribution < 1.29 is 13.2 Å². The molecule has 0 unspecified atom stereocenters. The predicted octanol–water partition coefficient (Wildman–Crippen LogP) is 1.79. The van der Waals surface area contributed by atoms with Crippen LogP contribution in [-0.4, -0.2) is 12.1 Å². The average molecular weight is 118 g/mol. The Morgan fingerprint density at radius 3 is 1.67 bits per heavy atom. The molecule has 0 heterocycles. The number of alkyl halides is 4. The summed E-state index contributed by atoms with van der Waals surface area (Å²) in [6, 6.07) is 0. The summed E-state index contributed by atoms with van der Waals surface area (Å²) in [5, 5.41) is -3.65. The molecule has 0 aliphatic rings. The minimum Gasteiger partial charge on any atom is -0.243 e. The normalized spacial score (nSPS) is 12.0. The largest absolute Gasteiger partial charge is 0.349 e. The van der Waals surface area contributed by atoms with Gasteiger partial charge in [0.25, 0.3) is 0 Å². The van der Waals surface area contributed by atoms with Crippen molar-refractivity contribution >= 4 is 11.6 Å². The van der Waals surface area contributed by atoms with E-state index >= 15 is 0 Å². The summed E-state index contributed by atoms with van der Waals surface area (Å²) in [5.41, 5.74) is 0. The topological polar surface area (TPSA) is 0 Å².